The van der Waals surface area contributed by atoms with Crippen LogP contribution >= 0.6 is 11.3 Å². The summed E-state index contributed by atoms with van der Waals surface area (Å²) in [7, 11) is 0. The third-order valence-electron chi connectivity index (χ3n) is 6.17. The second-order valence-corrected chi connectivity index (χ2v) is 8.88. The van der Waals surface area contributed by atoms with Crippen molar-refractivity contribution >= 4 is 58.6 Å². The summed E-state index contributed by atoms with van der Waals surface area (Å²) in [6, 6.07) is 26.0. The molecule has 7 rings (SSSR count). The molecule has 5 heteroatoms. The van der Waals surface area contributed by atoms with Crippen molar-refractivity contribution in [1.29, 1.82) is 0 Å². The maximum Gasteiger partial charge on any atom is 0.277 e. The molecular formula is C26H14N2O2S. The zero-order valence-corrected chi connectivity index (χ0v) is 17.0. The van der Waals surface area contributed by atoms with Gasteiger partial charge in [-0.05, 0) is 34.5 Å². The molecule has 4 nitrogen and oxygen atoms in total. The van der Waals surface area contributed by atoms with E-state index >= 15 is 0 Å². The number of nitrogens with zero attached hydrogens (tertiary/aromatic N) is 1. The average molecular weight is 418 g/mol. The highest BCUT2D eigenvalue weighted by Gasteiger charge is 2.21. The zero-order valence-electron chi connectivity index (χ0n) is 16.2. The third kappa shape index (κ3) is 2.08. The van der Waals surface area contributed by atoms with Gasteiger partial charge in [-0.1, -0.05) is 60.7 Å². The number of H-pyrrole nitrogens is 1. The molecule has 4 aromatic carbocycles. The highest BCUT2D eigenvalue weighted by Crippen LogP contribution is 2.41. The van der Waals surface area contributed by atoms with Crippen molar-refractivity contribution in [2.75, 3.05) is 0 Å². The van der Waals surface area contributed by atoms with Gasteiger partial charge in [-0.3, -0.25) is 14.7 Å². The maximum atomic E-state index is 13.5. The first-order chi connectivity index (χ1) is 15.2. The topological polar surface area (TPSA) is 54.3 Å². The summed E-state index contributed by atoms with van der Waals surface area (Å²) < 4.78 is 3.76. The van der Waals surface area contributed by atoms with Crippen LogP contribution in [0.2, 0.25) is 0 Å². The van der Waals surface area contributed by atoms with Crippen LogP contribution in [0.15, 0.2) is 88.5 Å². The van der Waals surface area contributed by atoms with E-state index in [2.05, 4.69) is 23.3 Å². The molecule has 0 aliphatic heterocycles. The van der Waals surface area contributed by atoms with Crippen LogP contribution in [0.4, 0.5) is 0 Å². The van der Waals surface area contributed by atoms with Crippen molar-refractivity contribution in [3.63, 3.8) is 0 Å². The third-order valence-corrected chi connectivity index (χ3v) is 7.31. The van der Waals surface area contributed by atoms with E-state index in [-0.39, 0.29) is 11.1 Å². The number of aromatic amines is 1. The average Bonchev–Trinajstić information content (AvgIpc) is 3.16. The fourth-order valence-corrected chi connectivity index (χ4v) is 6.00. The zero-order chi connectivity index (χ0) is 20.7. The van der Waals surface area contributed by atoms with Gasteiger partial charge in [-0.2, -0.15) is 0 Å². The fraction of sp³-hybridized carbons (Fsp3) is 0. The number of aromatic nitrogens is 2. The van der Waals surface area contributed by atoms with Crippen molar-refractivity contribution in [2.24, 2.45) is 0 Å². The Morgan fingerprint density at radius 3 is 2.26 bits per heavy atom. The lowest BCUT2D eigenvalue weighted by molar-refractivity contribution is 0.913. The minimum absolute atomic E-state index is 0.200. The molecule has 0 fully saturated rings. The van der Waals surface area contributed by atoms with Crippen molar-refractivity contribution < 1.29 is 0 Å². The van der Waals surface area contributed by atoms with Crippen LogP contribution < -0.4 is 11.1 Å². The van der Waals surface area contributed by atoms with Gasteiger partial charge in [0.1, 0.15) is 0 Å². The normalized spacial score (nSPS) is 12.1. The number of pyridine rings is 1. The van der Waals surface area contributed by atoms with Gasteiger partial charge in [0.15, 0.2) is 0 Å². The summed E-state index contributed by atoms with van der Waals surface area (Å²) in [4.78, 5) is 26.4. The molecule has 0 amide bonds. The molecule has 146 valence electrons. The number of rotatable bonds is 1. The number of benzene rings is 4. The van der Waals surface area contributed by atoms with Gasteiger partial charge in [0.2, 0.25) is 0 Å². The largest absolute Gasteiger partial charge is 0.277 e. The van der Waals surface area contributed by atoms with Crippen LogP contribution in [-0.2, 0) is 0 Å². The Hall–Kier alpha value is -3.96. The standard InChI is InChI=1S/C26H14N2O2S/c29-25-21(14-6-2-1-3-7-14)24-17-12-13-20-23-16(15-8-4-5-9-19(15)31-20)10-11-18(22(17)23)26(30)28(24)27-25/h1-13H,(H,27,29). The van der Waals surface area contributed by atoms with Crippen LogP contribution in [0.25, 0.3) is 58.4 Å². The van der Waals surface area contributed by atoms with Crippen molar-refractivity contribution in [3.05, 3.63) is 99.6 Å². The van der Waals surface area contributed by atoms with Gasteiger partial charge in [0.05, 0.1) is 16.5 Å². The Morgan fingerprint density at radius 1 is 0.645 bits per heavy atom. The van der Waals surface area contributed by atoms with Gasteiger partial charge < -0.3 is 0 Å². The van der Waals surface area contributed by atoms with E-state index in [1.165, 1.54) is 14.6 Å². The van der Waals surface area contributed by atoms with Crippen LogP contribution in [0.5, 0.6) is 0 Å². The molecule has 0 spiro atoms. The predicted octanol–water partition coefficient (Wildman–Crippen LogP) is 5.77. The van der Waals surface area contributed by atoms with E-state index in [4.69, 9.17) is 0 Å². The second kappa shape index (κ2) is 5.80. The molecule has 3 heterocycles. The molecule has 0 saturated carbocycles. The van der Waals surface area contributed by atoms with Gasteiger partial charge in [-0.25, -0.2) is 4.52 Å². The Morgan fingerprint density at radius 2 is 1.39 bits per heavy atom. The molecule has 1 N–H and O–H groups in total. The molecule has 0 saturated heterocycles. The molecule has 0 bridgehead atoms. The summed E-state index contributed by atoms with van der Waals surface area (Å²) in [6.45, 7) is 0. The van der Waals surface area contributed by atoms with Crippen LogP contribution in [-0.4, -0.2) is 9.61 Å². The first kappa shape index (κ1) is 16.8. The first-order valence-electron chi connectivity index (χ1n) is 10.0. The molecule has 0 atom stereocenters. The second-order valence-electron chi connectivity index (χ2n) is 7.79. The minimum Gasteiger partial charge on any atom is -0.267 e. The minimum atomic E-state index is -0.258. The van der Waals surface area contributed by atoms with E-state index in [1.807, 2.05) is 60.7 Å². The van der Waals surface area contributed by atoms with E-state index in [1.54, 1.807) is 11.3 Å². The molecule has 0 aliphatic rings. The lowest BCUT2D eigenvalue weighted by Crippen LogP contribution is -2.16. The SMILES string of the molecule is O=c1[nH]n2c(=O)c3ccc4c5ccccc5sc5ccc(c3c54)c2c1-c1ccccc1. The first-order valence-corrected chi connectivity index (χ1v) is 10.9. The van der Waals surface area contributed by atoms with E-state index in [0.29, 0.717) is 16.5 Å². The highest BCUT2D eigenvalue weighted by atomic mass is 32.1. The van der Waals surface area contributed by atoms with Crippen molar-refractivity contribution in [2.45, 2.75) is 0 Å². The van der Waals surface area contributed by atoms with Crippen molar-refractivity contribution in [1.82, 2.24) is 9.61 Å². The predicted molar refractivity (Wildman–Crippen MR) is 129 cm³/mol. The van der Waals surface area contributed by atoms with E-state index in [0.717, 1.165) is 31.8 Å². The van der Waals surface area contributed by atoms with E-state index in [9.17, 15) is 9.59 Å². The Balaban J connectivity index is 1.80. The van der Waals surface area contributed by atoms with Gasteiger partial charge in [0, 0.05) is 25.6 Å². The van der Waals surface area contributed by atoms with Gasteiger partial charge in [0.25, 0.3) is 11.1 Å². The summed E-state index contributed by atoms with van der Waals surface area (Å²) in [6.07, 6.45) is 0. The van der Waals surface area contributed by atoms with Crippen LogP contribution in [0, 0.1) is 0 Å². The smallest absolute Gasteiger partial charge is 0.267 e. The maximum absolute atomic E-state index is 13.5. The molecule has 0 radical (unpaired) electrons. The van der Waals surface area contributed by atoms with Gasteiger partial charge in [-0.15, -0.1) is 11.3 Å². The number of hydrogen-bond donors (Lipinski definition) is 1. The van der Waals surface area contributed by atoms with Crippen LogP contribution in [0.3, 0.4) is 0 Å². The monoisotopic (exact) mass is 418 g/mol. The molecule has 3 aromatic heterocycles. The summed E-state index contributed by atoms with van der Waals surface area (Å²) in [5.74, 6) is 0. The number of hydrogen-bond acceptors (Lipinski definition) is 3. The quantitative estimate of drug-likeness (QED) is 0.272. The lowest BCUT2D eigenvalue weighted by Gasteiger charge is -2.13. The van der Waals surface area contributed by atoms with Crippen molar-refractivity contribution in [3.8, 4) is 11.1 Å². The number of nitrogens with one attached hydrogen (secondary N) is 1. The number of fused-ring (bicyclic) bond motifs is 4. The summed E-state index contributed by atoms with van der Waals surface area (Å²) in [5, 5.41) is 8.63. The molecule has 0 aliphatic carbocycles. The van der Waals surface area contributed by atoms with Gasteiger partial charge >= 0.3 is 0 Å². The van der Waals surface area contributed by atoms with Crippen LogP contribution in [0.1, 0.15) is 0 Å². The molecule has 7 aromatic rings. The summed E-state index contributed by atoms with van der Waals surface area (Å²) >= 11 is 1.73. The molecular weight excluding hydrogens is 404 g/mol. The molecule has 31 heavy (non-hydrogen) atoms. The fourth-order valence-electron chi connectivity index (χ4n) is 4.88. The molecule has 0 unspecified atom stereocenters. The highest BCUT2D eigenvalue weighted by molar-refractivity contribution is 7.25. The van der Waals surface area contributed by atoms with E-state index < -0.39 is 0 Å². The summed E-state index contributed by atoms with van der Waals surface area (Å²) in [5.41, 5.74) is 1.51. The Bertz CT molecular complexity index is 1930. The Kier molecular flexibility index (Phi) is 3.14. The lowest BCUT2D eigenvalue weighted by atomic mass is 9.95. The Labute approximate surface area is 178 Å².